The third-order valence-corrected chi connectivity index (χ3v) is 4.80. The average molecular weight is 337 g/mol. The molecule has 8 nitrogen and oxygen atoms in total. The molecule has 0 bridgehead atoms. The molecule has 0 aliphatic carbocycles. The molecule has 23 heavy (non-hydrogen) atoms. The van der Waals surface area contributed by atoms with Crippen molar-refractivity contribution in [1.82, 2.24) is 14.3 Å². The van der Waals surface area contributed by atoms with Crippen LogP contribution >= 0.6 is 0 Å². The Kier molecular flexibility index (Phi) is 3.59. The van der Waals surface area contributed by atoms with Crippen molar-refractivity contribution >= 4 is 27.2 Å². The van der Waals surface area contributed by atoms with Gasteiger partial charge in [-0.05, 0) is 25.0 Å². The lowest BCUT2D eigenvalue weighted by molar-refractivity contribution is -0.141. The minimum absolute atomic E-state index is 0.0424. The maximum absolute atomic E-state index is 12.7. The highest BCUT2D eigenvalue weighted by atomic mass is 32.2. The van der Waals surface area contributed by atoms with Gasteiger partial charge in [0.25, 0.3) is 5.91 Å². The van der Waals surface area contributed by atoms with Crippen LogP contribution in [0.2, 0.25) is 0 Å². The van der Waals surface area contributed by atoms with E-state index >= 15 is 0 Å². The van der Waals surface area contributed by atoms with Crippen LogP contribution in [0.4, 0.5) is 0 Å². The number of aliphatic carboxylic acids is 1. The first kappa shape index (κ1) is 15.5. The number of sulfone groups is 1. The summed E-state index contributed by atoms with van der Waals surface area (Å²) < 4.78 is 25.1. The van der Waals surface area contributed by atoms with E-state index in [-0.39, 0.29) is 10.9 Å². The minimum Gasteiger partial charge on any atom is -0.480 e. The van der Waals surface area contributed by atoms with Crippen LogP contribution in [0.15, 0.2) is 29.6 Å². The summed E-state index contributed by atoms with van der Waals surface area (Å²) in [6, 6.07) is 3.98. The number of hydrogen-bond acceptors (Lipinski definition) is 5. The summed E-state index contributed by atoms with van der Waals surface area (Å²) in [5.74, 6) is -1.63. The second-order valence-electron chi connectivity index (χ2n) is 5.47. The number of likely N-dealkylation sites (tertiary alicyclic amines) is 1. The highest BCUT2D eigenvalue weighted by Gasteiger charge is 2.36. The van der Waals surface area contributed by atoms with Gasteiger partial charge in [-0.15, -0.1) is 0 Å². The number of amides is 1. The summed E-state index contributed by atoms with van der Waals surface area (Å²) in [5.41, 5.74) is 0.299. The van der Waals surface area contributed by atoms with E-state index in [1.54, 1.807) is 18.2 Å². The number of carboxylic acid groups (broad SMARTS) is 1. The zero-order chi connectivity index (χ0) is 16.8. The molecule has 1 aliphatic rings. The molecule has 1 fully saturated rings. The number of imidazole rings is 1. The fraction of sp³-hybridized carbons (Fsp3) is 0.357. The molecule has 122 valence electrons. The van der Waals surface area contributed by atoms with E-state index in [4.69, 9.17) is 0 Å². The second-order valence-corrected chi connectivity index (χ2v) is 7.38. The van der Waals surface area contributed by atoms with Gasteiger partial charge in [-0.1, -0.05) is 6.07 Å². The minimum atomic E-state index is -3.63. The highest BCUT2D eigenvalue weighted by Crippen LogP contribution is 2.23. The van der Waals surface area contributed by atoms with Crippen molar-refractivity contribution in [3.8, 4) is 0 Å². The molecule has 2 aromatic rings. The largest absolute Gasteiger partial charge is 0.480 e. The molecule has 3 heterocycles. The maximum atomic E-state index is 12.7. The molecule has 1 aliphatic heterocycles. The molecule has 1 amide bonds. The van der Waals surface area contributed by atoms with Crippen LogP contribution in [0, 0.1) is 0 Å². The SMILES string of the molecule is CS(=O)(=O)c1nc(C(=O)N2CCC[C@H]2C(=O)O)c2ccccn12. The first-order valence-corrected chi connectivity index (χ1v) is 8.91. The van der Waals surface area contributed by atoms with Crippen molar-refractivity contribution in [2.45, 2.75) is 24.0 Å². The monoisotopic (exact) mass is 337 g/mol. The number of aromatic nitrogens is 2. The second kappa shape index (κ2) is 5.34. The van der Waals surface area contributed by atoms with E-state index in [2.05, 4.69) is 4.98 Å². The Hall–Kier alpha value is -2.42. The normalized spacial score (nSPS) is 18.5. The lowest BCUT2D eigenvalue weighted by Gasteiger charge is -2.20. The van der Waals surface area contributed by atoms with E-state index in [0.29, 0.717) is 24.9 Å². The summed E-state index contributed by atoms with van der Waals surface area (Å²) >= 11 is 0. The third-order valence-electron chi connectivity index (χ3n) is 3.85. The number of rotatable bonds is 3. The standard InChI is InChI=1S/C14H15N3O5S/c1-23(21,22)14-15-11(9-5-2-3-7-17(9)14)12(18)16-8-4-6-10(16)13(19)20/h2-3,5,7,10H,4,6,8H2,1H3,(H,19,20)/t10-/m0/s1. The van der Waals surface area contributed by atoms with Crippen LogP contribution in [0.5, 0.6) is 0 Å². The number of pyridine rings is 1. The predicted octanol–water partition coefficient (Wildman–Crippen LogP) is 0.427. The Bertz CT molecular complexity index is 902. The van der Waals surface area contributed by atoms with Gasteiger partial charge in [0, 0.05) is 19.0 Å². The van der Waals surface area contributed by atoms with Gasteiger partial charge in [0.15, 0.2) is 5.69 Å². The van der Waals surface area contributed by atoms with Crippen LogP contribution in [0.3, 0.4) is 0 Å². The van der Waals surface area contributed by atoms with Crippen LogP contribution in [-0.2, 0) is 14.6 Å². The number of carbonyl (C=O) groups is 2. The van der Waals surface area contributed by atoms with E-state index in [9.17, 15) is 23.1 Å². The van der Waals surface area contributed by atoms with Crippen molar-refractivity contribution in [3.05, 3.63) is 30.1 Å². The molecule has 1 N–H and O–H groups in total. The van der Waals surface area contributed by atoms with Crippen molar-refractivity contribution in [2.75, 3.05) is 12.8 Å². The zero-order valence-corrected chi connectivity index (χ0v) is 13.2. The van der Waals surface area contributed by atoms with Crippen LogP contribution in [0.1, 0.15) is 23.3 Å². The molecule has 0 aromatic carbocycles. The van der Waals surface area contributed by atoms with Crippen molar-refractivity contribution in [1.29, 1.82) is 0 Å². The Labute approximate surface area is 132 Å². The molecule has 1 saturated heterocycles. The van der Waals surface area contributed by atoms with Crippen molar-refractivity contribution in [2.24, 2.45) is 0 Å². The molecule has 0 radical (unpaired) electrons. The summed E-state index contributed by atoms with van der Waals surface area (Å²) in [5, 5.41) is 8.98. The average Bonchev–Trinajstić information content (AvgIpc) is 3.11. The quantitative estimate of drug-likeness (QED) is 0.870. The number of carbonyl (C=O) groups excluding carboxylic acids is 1. The van der Waals surface area contributed by atoms with Gasteiger partial charge < -0.3 is 10.0 Å². The van der Waals surface area contributed by atoms with E-state index in [1.165, 1.54) is 15.5 Å². The fourth-order valence-electron chi connectivity index (χ4n) is 2.83. The summed E-state index contributed by atoms with van der Waals surface area (Å²) in [6.45, 7) is 0.315. The molecular formula is C14H15N3O5S. The van der Waals surface area contributed by atoms with E-state index in [0.717, 1.165) is 6.26 Å². The van der Waals surface area contributed by atoms with Gasteiger partial charge in [-0.2, -0.15) is 0 Å². The number of carboxylic acids is 1. The van der Waals surface area contributed by atoms with Gasteiger partial charge in [-0.3, -0.25) is 9.20 Å². The predicted molar refractivity (Wildman–Crippen MR) is 80.0 cm³/mol. The summed E-state index contributed by atoms with van der Waals surface area (Å²) in [6.07, 6.45) is 3.49. The lowest BCUT2D eigenvalue weighted by atomic mass is 10.2. The Morgan fingerprint density at radius 2 is 2.09 bits per heavy atom. The Morgan fingerprint density at radius 1 is 1.35 bits per heavy atom. The fourth-order valence-corrected chi connectivity index (χ4v) is 3.60. The van der Waals surface area contributed by atoms with Crippen molar-refractivity contribution < 1.29 is 23.1 Å². The topological polar surface area (TPSA) is 109 Å². The van der Waals surface area contributed by atoms with Gasteiger partial charge in [0.2, 0.25) is 15.0 Å². The smallest absolute Gasteiger partial charge is 0.326 e. The van der Waals surface area contributed by atoms with E-state index < -0.39 is 27.8 Å². The number of fused-ring (bicyclic) bond motifs is 1. The van der Waals surface area contributed by atoms with Crippen LogP contribution < -0.4 is 0 Å². The number of nitrogens with zero attached hydrogens (tertiary/aromatic N) is 3. The first-order chi connectivity index (χ1) is 10.8. The molecular weight excluding hydrogens is 322 g/mol. The maximum Gasteiger partial charge on any atom is 0.326 e. The molecule has 3 rings (SSSR count). The molecule has 9 heteroatoms. The van der Waals surface area contributed by atoms with Gasteiger partial charge in [-0.25, -0.2) is 18.2 Å². The summed E-state index contributed by atoms with van der Waals surface area (Å²) in [7, 11) is -3.63. The first-order valence-electron chi connectivity index (χ1n) is 7.01. The van der Waals surface area contributed by atoms with Gasteiger partial charge >= 0.3 is 5.97 Å². The highest BCUT2D eigenvalue weighted by molar-refractivity contribution is 7.90. The van der Waals surface area contributed by atoms with Crippen LogP contribution in [-0.4, -0.2) is 58.5 Å². The van der Waals surface area contributed by atoms with Gasteiger partial charge in [0.05, 0.1) is 5.52 Å². The van der Waals surface area contributed by atoms with E-state index in [1.807, 2.05) is 0 Å². The molecule has 1 atom stereocenters. The lowest BCUT2D eigenvalue weighted by Crippen LogP contribution is -2.40. The third kappa shape index (κ3) is 2.56. The van der Waals surface area contributed by atoms with Crippen LogP contribution in [0.25, 0.3) is 5.52 Å². The van der Waals surface area contributed by atoms with Crippen molar-refractivity contribution in [3.63, 3.8) is 0 Å². The molecule has 0 spiro atoms. The molecule has 0 saturated carbocycles. The molecule has 0 unspecified atom stereocenters. The zero-order valence-electron chi connectivity index (χ0n) is 12.3. The Balaban J connectivity index is 2.13. The Morgan fingerprint density at radius 3 is 2.74 bits per heavy atom. The summed E-state index contributed by atoms with van der Waals surface area (Å²) in [4.78, 5) is 29.2. The van der Waals surface area contributed by atoms with Gasteiger partial charge in [0.1, 0.15) is 6.04 Å². The number of hydrogen-bond donors (Lipinski definition) is 1. The molecule has 2 aromatic heterocycles.